The topological polar surface area (TPSA) is 85.2 Å². The summed E-state index contributed by atoms with van der Waals surface area (Å²) >= 11 is 11.3. The first-order valence-electron chi connectivity index (χ1n) is 21.8. The van der Waals surface area contributed by atoms with Crippen LogP contribution in [0, 0.1) is 11.8 Å². The number of H-pyrrole nitrogens is 1. The van der Waals surface area contributed by atoms with Crippen molar-refractivity contribution in [3.05, 3.63) is 184 Å². The van der Waals surface area contributed by atoms with Gasteiger partial charge in [0.15, 0.2) is 5.65 Å². The highest BCUT2D eigenvalue weighted by Gasteiger charge is 2.08. The van der Waals surface area contributed by atoms with Gasteiger partial charge in [-0.2, -0.15) is 9.49 Å². The first-order valence-corrected chi connectivity index (χ1v) is 22.6. The molecule has 11 heteroatoms. The van der Waals surface area contributed by atoms with E-state index in [1.165, 1.54) is 40.4 Å². The summed E-state index contributed by atoms with van der Waals surface area (Å²) in [5.41, 5.74) is 9.08. The number of hydrogen-bond acceptors (Lipinski definition) is 5. The van der Waals surface area contributed by atoms with Gasteiger partial charge in [-0.1, -0.05) is 129 Å². The quantitative estimate of drug-likeness (QED) is 0.168. The Morgan fingerprint density at radius 1 is 0.516 bits per heavy atom. The van der Waals surface area contributed by atoms with Crippen LogP contribution < -0.4 is 0 Å². The molecule has 0 aliphatic rings. The zero-order valence-electron chi connectivity index (χ0n) is 39.4. The predicted octanol–water partition coefficient (Wildman–Crippen LogP) is 16.3. The molecule has 8 rings (SSSR count). The van der Waals surface area contributed by atoms with Gasteiger partial charge in [0.25, 0.3) is 0 Å². The fraction of sp³-hybridized carbons (Fsp3) is 0.340. The summed E-state index contributed by atoms with van der Waals surface area (Å²) in [7, 11) is 0. The van der Waals surface area contributed by atoms with Gasteiger partial charge < -0.3 is 4.57 Å². The summed E-state index contributed by atoms with van der Waals surface area (Å²) in [5, 5.41) is 9.61. The van der Waals surface area contributed by atoms with Gasteiger partial charge in [0.1, 0.15) is 11.0 Å². The zero-order chi connectivity index (χ0) is 47.3. The van der Waals surface area contributed by atoms with Gasteiger partial charge in [-0.05, 0) is 132 Å². The standard InChI is InChI=1S/C10H12N2.C9H11Cl.C9H11F.C9H11N3.C8H10ClN.C8H10FN/c1-8(2)12-7-5-9-10(12)4-3-6-11-9;2*1-7(2)8-3-5-9(10)6-4-8;1-6(2)8-7-4-3-5-10-9(7)12-11-8;2*1-6(2)7-3-4-8(9)10-5-7/h3-8H,1-2H3;2*3-7H,1-2H3;3-6H,1-2H3,(H,10,11,12);2*3-6H,1-2H3. The number of halogens is 4. The minimum Gasteiger partial charge on any atom is -0.344 e. The second kappa shape index (κ2) is 27.0. The number of aromatic nitrogens is 7. The molecule has 0 saturated carbocycles. The number of rotatable bonds is 6. The van der Waals surface area contributed by atoms with Crippen LogP contribution in [0.3, 0.4) is 0 Å². The van der Waals surface area contributed by atoms with E-state index >= 15 is 0 Å². The average Bonchev–Trinajstić information content (AvgIpc) is 3.91. The van der Waals surface area contributed by atoms with Gasteiger partial charge in [0.05, 0.1) is 11.0 Å². The highest BCUT2D eigenvalue weighted by Crippen LogP contribution is 2.21. The van der Waals surface area contributed by atoms with Crippen molar-refractivity contribution >= 4 is 45.3 Å². The Labute approximate surface area is 389 Å². The summed E-state index contributed by atoms with van der Waals surface area (Å²) in [6, 6.07) is 32.2. The van der Waals surface area contributed by atoms with Crippen LogP contribution in [0.25, 0.3) is 22.1 Å². The van der Waals surface area contributed by atoms with Gasteiger partial charge >= 0.3 is 0 Å². The largest absolute Gasteiger partial charge is 0.344 e. The predicted molar refractivity (Wildman–Crippen MR) is 266 cm³/mol. The number of pyridine rings is 4. The molecule has 7 nitrogen and oxygen atoms in total. The van der Waals surface area contributed by atoms with Crippen molar-refractivity contribution in [3.8, 4) is 0 Å². The van der Waals surface area contributed by atoms with Gasteiger partial charge in [-0.25, -0.2) is 19.3 Å². The van der Waals surface area contributed by atoms with Crippen LogP contribution in [0.5, 0.6) is 0 Å². The van der Waals surface area contributed by atoms with Crippen molar-refractivity contribution in [1.82, 2.24) is 34.7 Å². The number of benzene rings is 2. The molecule has 0 fully saturated rings. The highest BCUT2D eigenvalue weighted by molar-refractivity contribution is 6.30. The van der Waals surface area contributed by atoms with Crippen LogP contribution in [0.15, 0.2) is 134 Å². The molecule has 8 aromatic rings. The molecule has 0 spiro atoms. The molecule has 0 atom stereocenters. The number of nitrogens with one attached hydrogen (secondary N) is 1. The fourth-order valence-corrected chi connectivity index (χ4v) is 6.14. The molecule has 0 saturated heterocycles. The molecule has 0 bridgehead atoms. The molecule has 64 heavy (non-hydrogen) atoms. The Balaban J connectivity index is 0.000000205. The van der Waals surface area contributed by atoms with Gasteiger partial charge in [-0.15, -0.1) is 0 Å². The number of hydrogen-bond donors (Lipinski definition) is 1. The monoisotopic (exact) mass is 907 g/mol. The maximum atomic E-state index is 12.4. The smallest absolute Gasteiger partial charge is 0.212 e. The van der Waals surface area contributed by atoms with E-state index in [0.717, 1.165) is 32.8 Å². The maximum Gasteiger partial charge on any atom is 0.212 e. The van der Waals surface area contributed by atoms with E-state index in [1.807, 2.05) is 67.0 Å². The van der Waals surface area contributed by atoms with Crippen LogP contribution in [-0.2, 0) is 0 Å². The molecule has 6 heterocycles. The van der Waals surface area contributed by atoms with E-state index in [2.05, 4.69) is 148 Å². The second-order valence-corrected chi connectivity index (χ2v) is 17.8. The lowest BCUT2D eigenvalue weighted by Gasteiger charge is -2.07. The molecular weight excluding hydrogens is 844 g/mol. The third-order valence-corrected chi connectivity index (χ3v) is 10.4. The number of aromatic amines is 1. The summed E-state index contributed by atoms with van der Waals surface area (Å²) in [5.74, 6) is 1.93. The van der Waals surface area contributed by atoms with Crippen LogP contribution in [0.4, 0.5) is 8.78 Å². The van der Waals surface area contributed by atoms with Crippen molar-refractivity contribution in [2.75, 3.05) is 0 Å². The SMILES string of the molecule is CC(C)c1[nH]nc2ncccc12.CC(C)c1ccc(Cl)cc1.CC(C)c1ccc(Cl)nc1.CC(C)c1ccc(F)cc1.CC(C)c1ccc(F)nc1.CC(C)n1ccc2ncccc21. The molecule has 0 unspecified atom stereocenters. The minimum atomic E-state index is -0.413. The summed E-state index contributed by atoms with van der Waals surface area (Å²) in [4.78, 5) is 15.9. The van der Waals surface area contributed by atoms with E-state index in [4.69, 9.17) is 23.2 Å². The third kappa shape index (κ3) is 17.9. The van der Waals surface area contributed by atoms with E-state index in [1.54, 1.807) is 18.5 Å². The molecule has 0 aliphatic heterocycles. The summed E-state index contributed by atoms with van der Waals surface area (Å²) < 4.78 is 26.8. The molecule has 1 N–H and O–H groups in total. The lowest BCUT2D eigenvalue weighted by molar-refractivity contribution is 0.581. The van der Waals surface area contributed by atoms with Crippen LogP contribution >= 0.6 is 23.2 Å². The van der Waals surface area contributed by atoms with Crippen molar-refractivity contribution in [2.24, 2.45) is 0 Å². The second-order valence-electron chi connectivity index (χ2n) is 16.9. The van der Waals surface area contributed by atoms with Crippen molar-refractivity contribution in [3.63, 3.8) is 0 Å². The zero-order valence-corrected chi connectivity index (χ0v) is 40.9. The highest BCUT2D eigenvalue weighted by atomic mass is 35.5. The number of fused-ring (bicyclic) bond motifs is 2. The molecule has 0 amide bonds. The van der Waals surface area contributed by atoms with E-state index < -0.39 is 5.95 Å². The molecular formula is C53H65Cl2F2N7. The summed E-state index contributed by atoms with van der Waals surface area (Å²) in [6.07, 6.45) is 9.05. The van der Waals surface area contributed by atoms with E-state index in [9.17, 15) is 8.78 Å². The maximum absolute atomic E-state index is 12.4. The Bertz CT molecular complexity index is 2220. The molecule has 6 aromatic heterocycles. The average molecular weight is 909 g/mol. The van der Waals surface area contributed by atoms with Gasteiger partial charge in [0.2, 0.25) is 5.95 Å². The van der Waals surface area contributed by atoms with Crippen LogP contribution in [-0.4, -0.2) is 34.7 Å². The van der Waals surface area contributed by atoms with Crippen molar-refractivity contribution in [2.45, 2.75) is 119 Å². The molecule has 2 aromatic carbocycles. The lowest BCUT2D eigenvalue weighted by atomic mass is 10.0. The van der Waals surface area contributed by atoms with Gasteiger partial charge in [-0.3, -0.25) is 10.1 Å². The Morgan fingerprint density at radius 2 is 1.03 bits per heavy atom. The Morgan fingerprint density at radius 3 is 1.53 bits per heavy atom. The fourth-order valence-electron chi connectivity index (χ4n) is 5.90. The normalized spacial score (nSPS) is 10.7. The first-order chi connectivity index (χ1) is 30.4. The minimum absolute atomic E-state index is 0.163. The van der Waals surface area contributed by atoms with E-state index in [0.29, 0.717) is 40.8 Å². The lowest BCUT2D eigenvalue weighted by Crippen LogP contribution is -1.97. The molecule has 0 radical (unpaired) electrons. The Hall–Kier alpha value is -5.51. The third-order valence-electron chi connectivity index (χ3n) is 9.89. The Kier molecular flexibility index (Phi) is 22.3. The molecule has 340 valence electrons. The van der Waals surface area contributed by atoms with Crippen molar-refractivity contribution in [1.29, 1.82) is 0 Å². The summed E-state index contributed by atoms with van der Waals surface area (Å²) in [6.45, 7) is 25.5. The van der Waals surface area contributed by atoms with Crippen LogP contribution in [0.1, 0.15) is 147 Å². The van der Waals surface area contributed by atoms with Crippen LogP contribution in [0.2, 0.25) is 10.2 Å². The van der Waals surface area contributed by atoms with Crippen molar-refractivity contribution < 1.29 is 8.78 Å². The van der Waals surface area contributed by atoms with E-state index in [-0.39, 0.29) is 5.82 Å². The molecule has 0 aliphatic carbocycles. The number of nitrogens with zero attached hydrogens (tertiary/aromatic N) is 6. The van der Waals surface area contributed by atoms with Gasteiger partial charge in [0, 0.05) is 53.1 Å². The first kappa shape index (κ1) is 52.8.